The molecule has 4 heteroatoms. The number of nitrogens with one attached hydrogen (secondary N) is 1. The third-order valence-corrected chi connectivity index (χ3v) is 3.36. The van der Waals surface area contributed by atoms with Gasteiger partial charge in [-0.15, -0.1) is 0 Å². The van der Waals surface area contributed by atoms with Crippen molar-refractivity contribution >= 4 is 17.4 Å². The molecule has 0 amide bonds. The van der Waals surface area contributed by atoms with Gasteiger partial charge in [0.25, 0.3) is 0 Å². The second-order valence-electron chi connectivity index (χ2n) is 5.70. The lowest BCUT2D eigenvalue weighted by molar-refractivity contribution is -0.116. The summed E-state index contributed by atoms with van der Waals surface area (Å²) in [6, 6.07) is 8.64. The Morgan fingerprint density at radius 2 is 1.64 bits per heavy atom. The molecule has 0 aliphatic carbocycles. The van der Waals surface area contributed by atoms with Gasteiger partial charge in [0.15, 0.2) is 0 Å². The van der Waals surface area contributed by atoms with E-state index in [9.17, 15) is 4.79 Å². The highest BCUT2D eigenvalue weighted by Crippen LogP contribution is 2.09. The van der Waals surface area contributed by atoms with Crippen molar-refractivity contribution in [2.24, 2.45) is 0 Å². The van der Waals surface area contributed by atoms with Crippen molar-refractivity contribution in [2.75, 3.05) is 20.1 Å². The number of Topliss-reactive ketones (excluding diaryl/α,β-unsaturated/α-hetero) is 1. The smallest absolute Gasteiger partial charge is 0.134 e. The normalized spacial score (nSPS) is 21.0. The fraction of sp³-hybridized carbons (Fsp3) is 0.611. The van der Waals surface area contributed by atoms with Crippen molar-refractivity contribution in [3.63, 3.8) is 0 Å². The molecule has 1 aliphatic heterocycles. The largest absolute Gasteiger partial charge is 0.309 e. The average Bonchev–Trinajstić information content (AvgIpc) is 2.42. The van der Waals surface area contributed by atoms with Gasteiger partial charge in [-0.05, 0) is 45.5 Å². The lowest BCUT2D eigenvalue weighted by atomic mass is 10.1. The minimum atomic E-state index is 0.173. The number of halogens is 1. The van der Waals surface area contributed by atoms with Crippen molar-refractivity contribution in [1.82, 2.24) is 10.2 Å². The fourth-order valence-electron chi connectivity index (χ4n) is 2.49. The average molecular weight is 327 g/mol. The summed E-state index contributed by atoms with van der Waals surface area (Å²) in [5.74, 6) is 0.173. The van der Waals surface area contributed by atoms with Gasteiger partial charge in [0.1, 0.15) is 5.78 Å². The summed E-state index contributed by atoms with van der Waals surface area (Å²) in [7, 11) is 2.17. The zero-order valence-corrected chi connectivity index (χ0v) is 15.6. The number of ketones is 1. The van der Waals surface area contributed by atoms with Gasteiger partial charge in [0.05, 0.1) is 0 Å². The molecule has 2 unspecified atom stereocenters. The van der Waals surface area contributed by atoms with E-state index in [0.717, 1.165) is 5.56 Å². The Morgan fingerprint density at radius 1 is 1.18 bits per heavy atom. The Labute approximate surface area is 141 Å². The second-order valence-corrected chi connectivity index (χ2v) is 6.13. The van der Waals surface area contributed by atoms with Crippen LogP contribution < -0.4 is 5.32 Å². The maximum Gasteiger partial charge on any atom is 0.134 e. The van der Waals surface area contributed by atoms with E-state index in [2.05, 4.69) is 31.1 Å². The summed E-state index contributed by atoms with van der Waals surface area (Å²) in [6.07, 6.45) is 0.497. The molecule has 0 radical (unpaired) electrons. The van der Waals surface area contributed by atoms with Gasteiger partial charge in [-0.2, -0.15) is 0 Å². The van der Waals surface area contributed by atoms with Crippen LogP contribution in [0.15, 0.2) is 24.3 Å². The fourth-order valence-corrected chi connectivity index (χ4v) is 2.62. The van der Waals surface area contributed by atoms with Crippen molar-refractivity contribution < 1.29 is 4.79 Å². The predicted molar refractivity (Wildman–Crippen MR) is 96.7 cm³/mol. The molecule has 2 rings (SSSR count). The minimum Gasteiger partial charge on any atom is -0.309 e. The molecule has 22 heavy (non-hydrogen) atoms. The quantitative estimate of drug-likeness (QED) is 0.897. The van der Waals surface area contributed by atoms with Crippen LogP contribution in [0.25, 0.3) is 0 Å². The molecule has 0 bridgehead atoms. The molecule has 2 atom stereocenters. The molecule has 1 fully saturated rings. The van der Waals surface area contributed by atoms with Gasteiger partial charge in [0, 0.05) is 36.6 Å². The number of likely N-dealkylation sites (N-methyl/N-ethyl adjacent to an activating group) is 1. The number of rotatable bonds is 2. The molecule has 126 valence electrons. The summed E-state index contributed by atoms with van der Waals surface area (Å²) in [4.78, 5) is 13.0. The number of hydrogen-bond donors (Lipinski definition) is 1. The maximum absolute atomic E-state index is 10.7. The van der Waals surface area contributed by atoms with Gasteiger partial charge in [-0.1, -0.05) is 37.6 Å². The predicted octanol–water partition coefficient (Wildman–Crippen LogP) is 3.80. The third kappa shape index (κ3) is 9.93. The highest BCUT2D eigenvalue weighted by Gasteiger charge is 2.16. The molecule has 1 aromatic carbocycles. The second kappa shape index (κ2) is 11.6. The lowest BCUT2D eigenvalue weighted by Crippen LogP contribution is -2.52. The van der Waals surface area contributed by atoms with Crippen LogP contribution in [0.2, 0.25) is 5.02 Å². The number of carbonyl (C=O) groups is 1. The van der Waals surface area contributed by atoms with Gasteiger partial charge < -0.3 is 10.2 Å². The van der Waals surface area contributed by atoms with Gasteiger partial charge in [-0.25, -0.2) is 0 Å². The minimum absolute atomic E-state index is 0.173. The zero-order valence-electron chi connectivity index (χ0n) is 14.8. The van der Waals surface area contributed by atoms with Crippen LogP contribution in [0.4, 0.5) is 0 Å². The van der Waals surface area contributed by atoms with Crippen LogP contribution in [0.5, 0.6) is 0 Å². The molecular weight excluding hydrogens is 296 g/mol. The summed E-state index contributed by atoms with van der Waals surface area (Å²) in [5.41, 5.74) is 1.02. The van der Waals surface area contributed by atoms with E-state index in [1.807, 2.05) is 26.0 Å². The summed E-state index contributed by atoms with van der Waals surface area (Å²) >= 11 is 5.66. The van der Waals surface area contributed by atoms with E-state index >= 15 is 0 Å². The number of carbonyl (C=O) groups excluding carboxylic acids is 1. The Hall–Kier alpha value is -0.900. The molecule has 1 heterocycles. The van der Waals surface area contributed by atoms with Crippen LogP contribution in [-0.2, 0) is 11.2 Å². The van der Waals surface area contributed by atoms with Crippen molar-refractivity contribution in [2.45, 2.75) is 53.1 Å². The molecular formula is C18H31ClN2O. The molecule has 0 spiro atoms. The summed E-state index contributed by atoms with van der Waals surface area (Å²) < 4.78 is 0. The number of hydrogen-bond acceptors (Lipinski definition) is 3. The number of nitrogens with zero attached hydrogens (tertiary/aromatic N) is 1. The molecule has 0 saturated carbocycles. The van der Waals surface area contributed by atoms with Gasteiger partial charge in [-0.3, -0.25) is 4.79 Å². The first-order chi connectivity index (χ1) is 10.4. The lowest BCUT2D eigenvalue weighted by Gasteiger charge is -2.33. The molecule has 1 N–H and O–H groups in total. The first-order valence-corrected chi connectivity index (χ1v) is 8.43. The van der Waals surface area contributed by atoms with Crippen molar-refractivity contribution in [3.05, 3.63) is 34.9 Å². The van der Waals surface area contributed by atoms with Crippen molar-refractivity contribution in [3.8, 4) is 0 Å². The van der Waals surface area contributed by atoms with E-state index in [1.54, 1.807) is 19.1 Å². The Bertz CT molecular complexity index is 395. The number of piperazine rings is 1. The first-order valence-electron chi connectivity index (χ1n) is 8.05. The highest BCUT2D eigenvalue weighted by molar-refractivity contribution is 6.30. The molecule has 1 saturated heterocycles. The van der Waals surface area contributed by atoms with Crippen LogP contribution >= 0.6 is 11.6 Å². The first kappa shape index (κ1) is 21.1. The SMILES string of the molecule is CC.CC(=O)Cc1ccc(Cl)cc1.CC1CN(C)CC(C)N1. The van der Waals surface area contributed by atoms with E-state index in [0.29, 0.717) is 23.5 Å². The van der Waals surface area contributed by atoms with E-state index < -0.39 is 0 Å². The monoisotopic (exact) mass is 326 g/mol. The summed E-state index contributed by atoms with van der Waals surface area (Å²) in [5, 5.41) is 4.17. The molecule has 0 aromatic heterocycles. The number of benzene rings is 1. The van der Waals surface area contributed by atoms with Crippen molar-refractivity contribution in [1.29, 1.82) is 0 Å². The third-order valence-electron chi connectivity index (χ3n) is 3.11. The zero-order chi connectivity index (χ0) is 17.1. The van der Waals surface area contributed by atoms with Gasteiger partial charge >= 0.3 is 0 Å². The Morgan fingerprint density at radius 3 is 2.00 bits per heavy atom. The molecule has 3 nitrogen and oxygen atoms in total. The van der Waals surface area contributed by atoms with E-state index in [4.69, 9.17) is 11.6 Å². The maximum atomic E-state index is 10.7. The van der Waals surface area contributed by atoms with Gasteiger partial charge in [0.2, 0.25) is 0 Å². The van der Waals surface area contributed by atoms with Crippen LogP contribution in [-0.4, -0.2) is 42.9 Å². The highest BCUT2D eigenvalue weighted by atomic mass is 35.5. The van der Waals surface area contributed by atoms with Crippen LogP contribution in [0.1, 0.15) is 40.2 Å². The molecule has 1 aliphatic rings. The van der Waals surface area contributed by atoms with Crippen LogP contribution in [0, 0.1) is 0 Å². The molecule has 1 aromatic rings. The van der Waals surface area contributed by atoms with E-state index in [1.165, 1.54) is 13.1 Å². The Kier molecular flexibility index (Phi) is 11.2. The topological polar surface area (TPSA) is 32.3 Å². The van der Waals surface area contributed by atoms with Crippen LogP contribution in [0.3, 0.4) is 0 Å². The standard InChI is InChI=1S/C9H9ClO.C7H16N2.C2H6/c1-7(11)6-8-2-4-9(10)5-3-8;1-6-4-9(3)5-7(2)8-6;1-2/h2-5H,6H2,1H3;6-8H,4-5H2,1-3H3;1-2H3. The van der Waals surface area contributed by atoms with E-state index in [-0.39, 0.29) is 5.78 Å². The summed E-state index contributed by atoms with van der Waals surface area (Å²) in [6.45, 7) is 12.4. The Balaban J connectivity index is 0.000000366.